The fourth-order valence-corrected chi connectivity index (χ4v) is 4.09. The van der Waals surface area contributed by atoms with Gasteiger partial charge in [0.2, 0.25) is 0 Å². The molecule has 0 saturated heterocycles. The zero-order valence-electron chi connectivity index (χ0n) is 15.0. The highest BCUT2D eigenvalue weighted by molar-refractivity contribution is 6.00. The van der Waals surface area contributed by atoms with Crippen molar-refractivity contribution in [3.63, 3.8) is 0 Å². The van der Waals surface area contributed by atoms with E-state index >= 15 is 0 Å². The van der Waals surface area contributed by atoms with Crippen LogP contribution in [0.2, 0.25) is 0 Å². The Morgan fingerprint density at radius 1 is 0.885 bits per heavy atom. The zero-order chi connectivity index (χ0) is 17.7. The molecule has 1 heteroatoms. The number of hydrogen-bond donors (Lipinski definition) is 0. The highest BCUT2D eigenvalue weighted by Crippen LogP contribution is 2.41. The van der Waals surface area contributed by atoms with Crippen molar-refractivity contribution >= 4 is 22.4 Å². The molecule has 4 aromatic rings. The third-order valence-corrected chi connectivity index (χ3v) is 5.35. The first-order chi connectivity index (χ1) is 12.7. The molecule has 1 heterocycles. The molecule has 0 amide bonds. The van der Waals surface area contributed by atoms with Gasteiger partial charge in [-0.3, -0.25) is 0 Å². The van der Waals surface area contributed by atoms with Crippen LogP contribution in [0.15, 0.2) is 71.3 Å². The normalized spacial score (nSPS) is 13.1. The highest BCUT2D eigenvalue weighted by atomic mass is 16.3. The van der Waals surface area contributed by atoms with Crippen LogP contribution in [0.4, 0.5) is 0 Å². The number of rotatable bonds is 2. The Morgan fingerprint density at radius 3 is 2.65 bits per heavy atom. The van der Waals surface area contributed by atoms with Crippen molar-refractivity contribution in [1.29, 1.82) is 0 Å². The maximum Gasteiger partial charge on any atom is 0.138 e. The molecule has 1 aliphatic carbocycles. The van der Waals surface area contributed by atoms with E-state index in [-0.39, 0.29) is 0 Å². The monoisotopic (exact) mass is 336 g/mol. The van der Waals surface area contributed by atoms with E-state index in [4.69, 9.17) is 4.42 Å². The fraction of sp³-hybridized carbons (Fsp3) is 0.120. The molecule has 0 unspecified atom stereocenters. The number of aryl methyl sites for hydroxylation is 2. The molecule has 5 rings (SSSR count). The minimum atomic E-state index is 0.923. The lowest BCUT2D eigenvalue weighted by Crippen LogP contribution is -1.92. The van der Waals surface area contributed by atoms with Gasteiger partial charge in [-0.2, -0.15) is 0 Å². The van der Waals surface area contributed by atoms with Crippen LogP contribution in [-0.2, 0) is 6.42 Å². The summed E-state index contributed by atoms with van der Waals surface area (Å²) in [6, 6.07) is 21.7. The molecule has 0 atom stereocenters. The average molecular weight is 336 g/mol. The molecule has 0 aliphatic heterocycles. The summed E-state index contributed by atoms with van der Waals surface area (Å²) in [6.07, 6.45) is 5.11. The topological polar surface area (TPSA) is 13.1 Å². The lowest BCUT2D eigenvalue weighted by molar-refractivity contribution is 0.557. The highest BCUT2D eigenvalue weighted by Gasteiger charge is 2.22. The summed E-state index contributed by atoms with van der Waals surface area (Å²) in [4.78, 5) is 0. The summed E-state index contributed by atoms with van der Waals surface area (Å²) in [5, 5.41) is 2.36. The third kappa shape index (κ3) is 2.32. The summed E-state index contributed by atoms with van der Waals surface area (Å²) in [7, 11) is 0. The van der Waals surface area contributed by atoms with Gasteiger partial charge in [-0.1, -0.05) is 66.2 Å². The van der Waals surface area contributed by atoms with Gasteiger partial charge in [-0.25, -0.2) is 0 Å². The SMILES string of the molecule is Cc1cccc(-c2c(C)ccc3c2C=C(c2occ4ccccc24)C3)c1. The molecule has 0 fully saturated rings. The zero-order valence-corrected chi connectivity index (χ0v) is 15.0. The maximum absolute atomic E-state index is 5.96. The number of furan rings is 1. The van der Waals surface area contributed by atoms with Gasteiger partial charge in [0.25, 0.3) is 0 Å². The summed E-state index contributed by atoms with van der Waals surface area (Å²) in [6.45, 7) is 4.35. The van der Waals surface area contributed by atoms with E-state index in [1.54, 1.807) is 0 Å². The Hall–Kier alpha value is -3.06. The van der Waals surface area contributed by atoms with Crippen molar-refractivity contribution in [2.45, 2.75) is 20.3 Å². The van der Waals surface area contributed by atoms with Gasteiger partial charge in [-0.15, -0.1) is 0 Å². The molecule has 1 aromatic heterocycles. The van der Waals surface area contributed by atoms with Crippen LogP contribution in [0.5, 0.6) is 0 Å². The van der Waals surface area contributed by atoms with Gasteiger partial charge in [0.1, 0.15) is 5.76 Å². The molecule has 0 spiro atoms. The van der Waals surface area contributed by atoms with Crippen LogP contribution >= 0.6 is 0 Å². The molecule has 1 aliphatic rings. The molecule has 3 aromatic carbocycles. The van der Waals surface area contributed by atoms with Gasteiger partial charge >= 0.3 is 0 Å². The van der Waals surface area contributed by atoms with Crippen LogP contribution in [0.1, 0.15) is 28.0 Å². The van der Waals surface area contributed by atoms with E-state index in [9.17, 15) is 0 Å². The maximum atomic E-state index is 5.96. The predicted octanol–water partition coefficient (Wildman–Crippen LogP) is 6.81. The van der Waals surface area contributed by atoms with Crippen LogP contribution < -0.4 is 0 Å². The van der Waals surface area contributed by atoms with Crippen molar-refractivity contribution in [2.75, 3.05) is 0 Å². The molecule has 0 saturated carbocycles. The standard InChI is InChI=1S/C25H20O/c1-16-6-5-8-19(12-16)24-17(2)10-11-18-13-21(14-23(18)24)25-22-9-4-3-7-20(22)15-26-25/h3-12,14-15H,13H2,1-2H3. The lowest BCUT2D eigenvalue weighted by Gasteiger charge is -2.12. The molecule has 0 bridgehead atoms. The van der Waals surface area contributed by atoms with E-state index in [0.29, 0.717) is 0 Å². The number of benzene rings is 3. The molecular weight excluding hydrogens is 316 g/mol. The molecule has 0 N–H and O–H groups in total. The quantitative estimate of drug-likeness (QED) is 0.392. The molecular formula is C25H20O. The van der Waals surface area contributed by atoms with Crippen molar-refractivity contribution in [3.8, 4) is 11.1 Å². The van der Waals surface area contributed by atoms with Crippen LogP contribution in [-0.4, -0.2) is 0 Å². The van der Waals surface area contributed by atoms with E-state index < -0.39 is 0 Å². The van der Waals surface area contributed by atoms with Gasteiger partial charge in [0, 0.05) is 22.8 Å². The van der Waals surface area contributed by atoms with Crippen LogP contribution in [0.25, 0.3) is 33.5 Å². The van der Waals surface area contributed by atoms with E-state index in [2.05, 4.69) is 80.6 Å². The van der Waals surface area contributed by atoms with Crippen molar-refractivity contribution in [1.82, 2.24) is 0 Å². The predicted molar refractivity (Wildman–Crippen MR) is 109 cm³/mol. The Morgan fingerprint density at radius 2 is 1.77 bits per heavy atom. The van der Waals surface area contributed by atoms with Crippen molar-refractivity contribution in [2.24, 2.45) is 0 Å². The number of hydrogen-bond acceptors (Lipinski definition) is 1. The summed E-state index contributed by atoms with van der Waals surface area (Å²) in [5.41, 5.74) is 9.22. The van der Waals surface area contributed by atoms with E-state index in [1.807, 2.05) is 6.26 Å². The van der Waals surface area contributed by atoms with Gasteiger partial charge in [-0.05, 0) is 47.7 Å². The minimum Gasteiger partial charge on any atom is -0.463 e. The average Bonchev–Trinajstić information content (AvgIpc) is 3.25. The smallest absolute Gasteiger partial charge is 0.138 e. The fourth-order valence-electron chi connectivity index (χ4n) is 4.09. The van der Waals surface area contributed by atoms with Crippen molar-refractivity contribution in [3.05, 3.63) is 94.9 Å². The summed E-state index contributed by atoms with van der Waals surface area (Å²) in [5.74, 6) is 1.00. The van der Waals surface area contributed by atoms with E-state index in [1.165, 1.54) is 44.3 Å². The number of fused-ring (bicyclic) bond motifs is 2. The van der Waals surface area contributed by atoms with Crippen LogP contribution in [0, 0.1) is 13.8 Å². The Bertz CT molecular complexity index is 1170. The van der Waals surface area contributed by atoms with Crippen molar-refractivity contribution < 1.29 is 4.42 Å². The minimum absolute atomic E-state index is 0.923. The number of allylic oxidation sites excluding steroid dienone is 1. The lowest BCUT2D eigenvalue weighted by atomic mass is 9.92. The first kappa shape index (κ1) is 15.2. The van der Waals surface area contributed by atoms with Gasteiger partial charge in [0.15, 0.2) is 0 Å². The Labute approximate surface area is 153 Å². The Balaban J connectivity index is 1.69. The summed E-state index contributed by atoms with van der Waals surface area (Å²) < 4.78 is 5.96. The molecule has 126 valence electrons. The summed E-state index contributed by atoms with van der Waals surface area (Å²) >= 11 is 0. The molecule has 26 heavy (non-hydrogen) atoms. The van der Waals surface area contributed by atoms with Gasteiger partial charge in [0.05, 0.1) is 6.26 Å². The first-order valence-electron chi connectivity index (χ1n) is 9.07. The largest absolute Gasteiger partial charge is 0.463 e. The second-order valence-corrected chi connectivity index (χ2v) is 7.20. The van der Waals surface area contributed by atoms with Crippen LogP contribution in [0.3, 0.4) is 0 Å². The van der Waals surface area contributed by atoms with E-state index in [0.717, 1.165) is 17.6 Å². The Kier molecular flexibility index (Phi) is 3.36. The second-order valence-electron chi connectivity index (χ2n) is 7.20. The first-order valence-corrected chi connectivity index (χ1v) is 9.07. The van der Waals surface area contributed by atoms with Gasteiger partial charge < -0.3 is 4.42 Å². The molecule has 0 radical (unpaired) electrons. The second kappa shape index (κ2) is 5.74. The molecule has 1 nitrogen and oxygen atoms in total. The third-order valence-electron chi connectivity index (χ3n) is 5.35.